The lowest BCUT2D eigenvalue weighted by Crippen LogP contribution is -2.22. The highest BCUT2D eigenvalue weighted by atomic mass is 16.3. The smallest absolute Gasteiger partial charge is 0.157 e. The molecule has 1 aliphatic rings. The van der Waals surface area contributed by atoms with E-state index in [4.69, 9.17) is 0 Å². The van der Waals surface area contributed by atoms with E-state index in [0.717, 1.165) is 5.56 Å². The van der Waals surface area contributed by atoms with E-state index in [1.807, 2.05) is 30.3 Å². The number of hydrogen-bond acceptors (Lipinski definition) is 4. The monoisotopic (exact) mass is 187 g/mol. The molecule has 1 aliphatic heterocycles. The first-order valence-corrected chi connectivity index (χ1v) is 4.33. The van der Waals surface area contributed by atoms with Crippen molar-refractivity contribution in [2.75, 3.05) is 0 Å². The number of nitrogens with zero attached hydrogens (tertiary/aromatic N) is 3. The van der Waals surface area contributed by atoms with Crippen molar-refractivity contribution in [1.29, 1.82) is 0 Å². The van der Waals surface area contributed by atoms with Gasteiger partial charge in [-0.2, -0.15) is 10.2 Å². The normalized spacial score (nSPS) is 20.2. The first-order valence-electron chi connectivity index (χ1n) is 4.33. The zero-order chi connectivity index (χ0) is 9.97. The summed E-state index contributed by atoms with van der Waals surface area (Å²) in [6.45, 7) is 1.76. The Balaban J connectivity index is 2.35. The topological polar surface area (TPSA) is 54.1 Å². The first kappa shape index (κ1) is 8.74. The lowest BCUT2D eigenvalue weighted by atomic mass is 10.0. The second kappa shape index (κ2) is 3.49. The lowest BCUT2D eigenvalue weighted by Gasteiger charge is -2.04. The van der Waals surface area contributed by atoms with Crippen molar-refractivity contribution in [3.05, 3.63) is 40.8 Å². The maximum Gasteiger partial charge on any atom is 0.176 e. The molecule has 0 bridgehead atoms. The van der Waals surface area contributed by atoms with Crippen molar-refractivity contribution < 1.29 is 0 Å². The molecule has 1 aromatic rings. The zero-order valence-electron chi connectivity index (χ0n) is 7.71. The average molecular weight is 187 g/mol. The molecule has 1 aromatic carbocycles. The Bertz CT molecular complexity index is 409. The van der Waals surface area contributed by atoms with Gasteiger partial charge >= 0.3 is 0 Å². The van der Waals surface area contributed by atoms with Gasteiger partial charge in [0.2, 0.25) is 0 Å². The summed E-state index contributed by atoms with van der Waals surface area (Å²) < 4.78 is 0. The van der Waals surface area contributed by atoms with E-state index in [-0.39, 0.29) is 0 Å². The maximum absolute atomic E-state index is 10.6. The van der Waals surface area contributed by atoms with Crippen LogP contribution in [0.5, 0.6) is 0 Å². The predicted molar refractivity (Wildman–Crippen MR) is 55.7 cm³/mol. The number of rotatable bonds is 2. The molecule has 0 aromatic heterocycles. The molecule has 0 spiro atoms. The molecule has 0 aliphatic carbocycles. The number of nitroso groups, excluding NO2 is 1. The van der Waals surface area contributed by atoms with Gasteiger partial charge in [-0.3, -0.25) is 0 Å². The molecule has 4 heteroatoms. The van der Waals surface area contributed by atoms with E-state index in [0.29, 0.717) is 11.4 Å². The van der Waals surface area contributed by atoms with Crippen LogP contribution in [0.15, 0.2) is 45.7 Å². The van der Waals surface area contributed by atoms with E-state index >= 15 is 0 Å². The van der Waals surface area contributed by atoms with Crippen LogP contribution in [0.1, 0.15) is 12.5 Å². The lowest BCUT2D eigenvalue weighted by molar-refractivity contribution is 1.13. The molecule has 0 saturated carbocycles. The molecule has 70 valence electrons. The van der Waals surface area contributed by atoms with E-state index in [9.17, 15) is 4.91 Å². The van der Waals surface area contributed by atoms with Crippen LogP contribution < -0.4 is 0 Å². The van der Waals surface area contributed by atoms with Crippen molar-refractivity contribution in [1.82, 2.24) is 0 Å². The van der Waals surface area contributed by atoms with Gasteiger partial charge in [-0.25, -0.2) is 0 Å². The van der Waals surface area contributed by atoms with Gasteiger partial charge in [0.1, 0.15) is 5.71 Å². The summed E-state index contributed by atoms with van der Waals surface area (Å²) >= 11 is 0. The van der Waals surface area contributed by atoms with Crippen LogP contribution in [0.25, 0.3) is 0 Å². The molecule has 0 fully saturated rings. The largest absolute Gasteiger partial charge is 0.176 e. The van der Waals surface area contributed by atoms with Crippen molar-refractivity contribution in [3.8, 4) is 0 Å². The third-order valence-corrected chi connectivity index (χ3v) is 2.15. The average Bonchev–Trinajstić information content (AvgIpc) is 2.61. The minimum Gasteiger partial charge on any atom is -0.157 e. The quantitative estimate of drug-likeness (QED) is 0.653. The van der Waals surface area contributed by atoms with Gasteiger partial charge in [0.05, 0.1) is 5.71 Å². The van der Waals surface area contributed by atoms with Crippen molar-refractivity contribution >= 4 is 11.4 Å². The van der Waals surface area contributed by atoms with Gasteiger partial charge in [-0.1, -0.05) is 35.5 Å². The van der Waals surface area contributed by atoms with Crippen LogP contribution in [0.4, 0.5) is 0 Å². The molecule has 0 unspecified atom stereocenters. The first-order chi connectivity index (χ1) is 6.83. The fourth-order valence-electron chi connectivity index (χ4n) is 1.39. The molecule has 0 N–H and O–H groups in total. The molecular formula is C10H9N3O. The summed E-state index contributed by atoms with van der Waals surface area (Å²) in [6, 6.07) is 8.98. The van der Waals surface area contributed by atoms with Crippen LogP contribution in [0, 0.1) is 4.91 Å². The summed E-state index contributed by atoms with van der Waals surface area (Å²) in [5, 5.41) is 10.8. The Morgan fingerprint density at radius 1 is 1.21 bits per heavy atom. The summed E-state index contributed by atoms with van der Waals surface area (Å²) in [5.74, 6) is 0. The van der Waals surface area contributed by atoms with Gasteiger partial charge < -0.3 is 0 Å². The Morgan fingerprint density at radius 3 is 2.57 bits per heavy atom. The summed E-state index contributed by atoms with van der Waals surface area (Å²) in [7, 11) is 0. The highest BCUT2D eigenvalue weighted by Crippen LogP contribution is 2.14. The van der Waals surface area contributed by atoms with Crippen LogP contribution in [-0.4, -0.2) is 17.5 Å². The molecule has 14 heavy (non-hydrogen) atoms. The van der Waals surface area contributed by atoms with E-state index in [1.165, 1.54) is 0 Å². The highest BCUT2D eigenvalue weighted by molar-refractivity contribution is 6.20. The van der Waals surface area contributed by atoms with Crippen molar-refractivity contribution in [2.45, 2.75) is 13.0 Å². The molecule has 2 rings (SSSR count). The molecule has 0 radical (unpaired) electrons. The Morgan fingerprint density at radius 2 is 1.93 bits per heavy atom. The number of hydrogen-bond donors (Lipinski definition) is 0. The molecular weight excluding hydrogens is 178 g/mol. The van der Waals surface area contributed by atoms with Gasteiger partial charge in [0, 0.05) is 5.56 Å². The van der Waals surface area contributed by atoms with Crippen LogP contribution >= 0.6 is 0 Å². The minimum atomic E-state index is -0.516. The standard InChI is InChI=1S/C10H9N3O/c1-7-9(13-14)10(12-11-7)8-5-3-2-4-6-8/h2-6,9H,1H3/t9-/m0/s1. The van der Waals surface area contributed by atoms with Gasteiger partial charge in [0.25, 0.3) is 0 Å². The summed E-state index contributed by atoms with van der Waals surface area (Å²) in [4.78, 5) is 10.6. The maximum atomic E-state index is 10.6. The molecule has 0 saturated heterocycles. The fourth-order valence-corrected chi connectivity index (χ4v) is 1.39. The summed E-state index contributed by atoms with van der Waals surface area (Å²) in [5.41, 5.74) is 2.19. The zero-order valence-corrected chi connectivity index (χ0v) is 7.71. The van der Waals surface area contributed by atoms with Gasteiger partial charge in [-0.05, 0) is 6.92 Å². The van der Waals surface area contributed by atoms with Gasteiger partial charge in [0.15, 0.2) is 6.04 Å². The van der Waals surface area contributed by atoms with Crippen LogP contribution in [0.3, 0.4) is 0 Å². The van der Waals surface area contributed by atoms with Crippen molar-refractivity contribution in [2.24, 2.45) is 15.4 Å². The van der Waals surface area contributed by atoms with E-state index < -0.39 is 6.04 Å². The molecule has 1 atom stereocenters. The van der Waals surface area contributed by atoms with E-state index in [1.54, 1.807) is 6.92 Å². The third kappa shape index (κ3) is 1.35. The van der Waals surface area contributed by atoms with Crippen LogP contribution in [0.2, 0.25) is 0 Å². The van der Waals surface area contributed by atoms with E-state index in [2.05, 4.69) is 15.4 Å². The predicted octanol–water partition coefficient (Wildman–Crippen LogP) is 2.00. The minimum absolute atomic E-state index is 0.516. The molecule has 0 amide bonds. The second-order valence-corrected chi connectivity index (χ2v) is 3.10. The Labute approximate surface area is 81.3 Å². The highest BCUT2D eigenvalue weighted by Gasteiger charge is 2.26. The second-order valence-electron chi connectivity index (χ2n) is 3.10. The van der Waals surface area contributed by atoms with Crippen molar-refractivity contribution in [3.63, 3.8) is 0 Å². The third-order valence-electron chi connectivity index (χ3n) is 2.15. The number of benzene rings is 1. The van der Waals surface area contributed by atoms with Gasteiger partial charge in [-0.15, -0.1) is 4.91 Å². The molecule has 4 nitrogen and oxygen atoms in total. The SMILES string of the molecule is CC1=NN=C(c2ccccc2)[C@H]1N=O. The fraction of sp³-hybridized carbons (Fsp3) is 0.200. The van der Waals surface area contributed by atoms with Crippen LogP contribution in [-0.2, 0) is 0 Å². The Hall–Kier alpha value is -1.84. The Kier molecular flexibility index (Phi) is 2.18. The summed E-state index contributed by atoms with van der Waals surface area (Å²) in [6.07, 6.45) is 0. The molecule has 1 heterocycles.